The summed E-state index contributed by atoms with van der Waals surface area (Å²) in [5.74, 6) is -0.250. The first-order valence-corrected chi connectivity index (χ1v) is 12.5. The molecule has 0 saturated carbocycles. The maximum absolute atomic E-state index is 13.4. The van der Waals surface area contributed by atoms with Crippen molar-refractivity contribution in [3.05, 3.63) is 89.9 Å². The fourth-order valence-electron chi connectivity index (χ4n) is 3.84. The Balaban J connectivity index is 1.47. The molecule has 0 bridgehead atoms. The fraction of sp³-hybridized carbons (Fsp3) is 0.280. The molecule has 1 fully saturated rings. The Morgan fingerprint density at radius 1 is 0.882 bits per heavy atom. The molecule has 34 heavy (non-hydrogen) atoms. The van der Waals surface area contributed by atoms with Gasteiger partial charge in [-0.25, -0.2) is 8.42 Å². The summed E-state index contributed by atoms with van der Waals surface area (Å²) in [7, 11) is -3.89. The molecule has 1 aliphatic rings. The normalized spacial score (nSPS) is 14.4. The molecule has 0 atom stereocenters. The second-order valence-corrected chi connectivity index (χ2v) is 10.2. The van der Waals surface area contributed by atoms with Gasteiger partial charge in [0.05, 0.1) is 17.7 Å². The minimum atomic E-state index is -3.89. The van der Waals surface area contributed by atoms with Crippen LogP contribution in [0.2, 0.25) is 0 Å². The van der Waals surface area contributed by atoms with Gasteiger partial charge in [-0.15, -0.1) is 0 Å². The highest BCUT2D eigenvalue weighted by Gasteiger charge is 2.31. The largest absolute Gasteiger partial charge is 0.459 e. The molecule has 2 aromatic carbocycles. The highest BCUT2D eigenvalue weighted by Crippen LogP contribution is 2.20. The second kappa shape index (κ2) is 10.2. The molecule has 3 aromatic rings. The third-order valence-electron chi connectivity index (χ3n) is 5.82. The summed E-state index contributed by atoms with van der Waals surface area (Å²) in [5.41, 5.74) is 1.74. The Morgan fingerprint density at radius 2 is 1.53 bits per heavy atom. The third kappa shape index (κ3) is 5.37. The Hall–Kier alpha value is -3.43. The highest BCUT2D eigenvalue weighted by molar-refractivity contribution is 7.89. The lowest BCUT2D eigenvalue weighted by atomic mass is 10.2. The van der Waals surface area contributed by atoms with Crippen molar-refractivity contribution < 1.29 is 22.4 Å². The van der Waals surface area contributed by atoms with E-state index in [0.717, 1.165) is 11.1 Å². The maximum atomic E-state index is 13.4. The molecule has 2 amide bonds. The van der Waals surface area contributed by atoms with E-state index in [1.54, 1.807) is 46.2 Å². The first-order chi connectivity index (χ1) is 16.3. The number of carbonyl (C=O) groups is 2. The summed E-state index contributed by atoms with van der Waals surface area (Å²) in [4.78, 5) is 29.0. The molecule has 1 aromatic heterocycles. The fourth-order valence-corrected chi connectivity index (χ4v) is 5.22. The number of benzene rings is 2. The van der Waals surface area contributed by atoms with Gasteiger partial charge in [-0.1, -0.05) is 48.0 Å². The van der Waals surface area contributed by atoms with Crippen LogP contribution in [0.4, 0.5) is 0 Å². The van der Waals surface area contributed by atoms with Crippen LogP contribution in [0.15, 0.2) is 82.3 Å². The molecular weight excluding hydrogens is 454 g/mol. The van der Waals surface area contributed by atoms with Crippen molar-refractivity contribution in [3.8, 4) is 0 Å². The molecule has 0 aliphatic carbocycles. The SMILES string of the molecule is Cc1ccc(S(=O)(=O)N(CC(=O)N2CCN(C(=O)c3ccco3)CC2)Cc2ccccc2)cc1. The van der Waals surface area contributed by atoms with E-state index in [-0.39, 0.29) is 35.6 Å². The Labute approximate surface area is 199 Å². The molecule has 0 N–H and O–H groups in total. The van der Waals surface area contributed by atoms with Crippen LogP contribution < -0.4 is 0 Å². The lowest BCUT2D eigenvalue weighted by Gasteiger charge is -2.35. The van der Waals surface area contributed by atoms with Crippen LogP contribution in [0.1, 0.15) is 21.7 Å². The van der Waals surface area contributed by atoms with Crippen LogP contribution in [-0.4, -0.2) is 67.1 Å². The van der Waals surface area contributed by atoms with E-state index in [2.05, 4.69) is 0 Å². The molecule has 1 saturated heterocycles. The van der Waals surface area contributed by atoms with Crippen molar-refractivity contribution in [2.24, 2.45) is 0 Å². The van der Waals surface area contributed by atoms with E-state index in [9.17, 15) is 18.0 Å². The number of amides is 2. The number of sulfonamides is 1. The standard InChI is InChI=1S/C25H27N3O5S/c1-20-9-11-22(12-10-20)34(31,32)28(18-21-6-3-2-4-7-21)19-24(29)26-13-15-27(16-14-26)25(30)23-8-5-17-33-23/h2-12,17H,13-16,18-19H2,1H3. The van der Waals surface area contributed by atoms with E-state index in [4.69, 9.17) is 4.42 Å². The minimum Gasteiger partial charge on any atom is -0.459 e. The lowest BCUT2D eigenvalue weighted by Crippen LogP contribution is -2.53. The average molecular weight is 482 g/mol. The molecule has 1 aliphatic heterocycles. The van der Waals surface area contributed by atoms with Crippen molar-refractivity contribution in [2.45, 2.75) is 18.4 Å². The highest BCUT2D eigenvalue weighted by atomic mass is 32.2. The monoisotopic (exact) mass is 481 g/mol. The average Bonchev–Trinajstić information content (AvgIpc) is 3.39. The molecule has 2 heterocycles. The van der Waals surface area contributed by atoms with Crippen LogP contribution in [0.5, 0.6) is 0 Å². The van der Waals surface area contributed by atoms with E-state index in [1.165, 1.54) is 10.6 Å². The first kappa shape index (κ1) is 23.7. The van der Waals surface area contributed by atoms with Gasteiger partial charge in [-0.05, 0) is 36.8 Å². The molecule has 4 rings (SSSR count). The van der Waals surface area contributed by atoms with E-state index in [1.807, 2.05) is 37.3 Å². The smallest absolute Gasteiger partial charge is 0.289 e. The van der Waals surface area contributed by atoms with Gasteiger partial charge < -0.3 is 14.2 Å². The van der Waals surface area contributed by atoms with Crippen LogP contribution in [0.25, 0.3) is 0 Å². The second-order valence-electron chi connectivity index (χ2n) is 8.22. The van der Waals surface area contributed by atoms with Crippen molar-refractivity contribution >= 4 is 21.8 Å². The van der Waals surface area contributed by atoms with Gasteiger partial charge in [0.2, 0.25) is 15.9 Å². The van der Waals surface area contributed by atoms with E-state index < -0.39 is 10.0 Å². The van der Waals surface area contributed by atoms with Crippen molar-refractivity contribution in [1.82, 2.24) is 14.1 Å². The van der Waals surface area contributed by atoms with Gasteiger partial charge in [-0.3, -0.25) is 9.59 Å². The summed E-state index contributed by atoms with van der Waals surface area (Å²) in [6.07, 6.45) is 1.45. The number of carbonyl (C=O) groups excluding carboxylic acids is 2. The van der Waals surface area contributed by atoms with Gasteiger partial charge >= 0.3 is 0 Å². The predicted molar refractivity (Wildman–Crippen MR) is 126 cm³/mol. The number of hydrogen-bond donors (Lipinski definition) is 0. The van der Waals surface area contributed by atoms with Crippen molar-refractivity contribution in [3.63, 3.8) is 0 Å². The van der Waals surface area contributed by atoms with E-state index in [0.29, 0.717) is 26.2 Å². The van der Waals surface area contributed by atoms with Gasteiger partial charge in [0.1, 0.15) is 0 Å². The molecule has 8 nitrogen and oxygen atoms in total. The summed E-state index contributed by atoms with van der Waals surface area (Å²) in [5, 5.41) is 0. The number of rotatable bonds is 7. The van der Waals surface area contributed by atoms with Gasteiger partial charge in [0.25, 0.3) is 5.91 Å². The minimum absolute atomic E-state index is 0.0831. The lowest BCUT2D eigenvalue weighted by molar-refractivity contribution is -0.132. The zero-order valence-corrected chi connectivity index (χ0v) is 19.8. The first-order valence-electron chi connectivity index (χ1n) is 11.1. The number of furan rings is 1. The summed E-state index contributed by atoms with van der Waals surface area (Å²) in [6.45, 7) is 3.06. The predicted octanol–water partition coefficient (Wildman–Crippen LogP) is 2.76. The molecule has 178 valence electrons. The topological polar surface area (TPSA) is 91.1 Å². The Morgan fingerprint density at radius 3 is 2.15 bits per heavy atom. The zero-order valence-electron chi connectivity index (χ0n) is 19.0. The van der Waals surface area contributed by atoms with Crippen molar-refractivity contribution in [1.29, 1.82) is 0 Å². The number of piperazine rings is 1. The quantitative estimate of drug-likeness (QED) is 0.518. The molecule has 0 spiro atoms. The van der Waals surface area contributed by atoms with Gasteiger partial charge in [-0.2, -0.15) is 4.31 Å². The van der Waals surface area contributed by atoms with E-state index >= 15 is 0 Å². The summed E-state index contributed by atoms with van der Waals surface area (Å²) < 4.78 is 33.3. The van der Waals surface area contributed by atoms with Crippen LogP contribution in [0.3, 0.4) is 0 Å². The molecule has 0 radical (unpaired) electrons. The van der Waals surface area contributed by atoms with Crippen LogP contribution in [-0.2, 0) is 21.4 Å². The Kier molecular flexibility index (Phi) is 7.14. The van der Waals surface area contributed by atoms with Crippen molar-refractivity contribution in [2.75, 3.05) is 32.7 Å². The number of aryl methyl sites for hydroxylation is 1. The van der Waals surface area contributed by atoms with Gasteiger partial charge in [0, 0.05) is 32.7 Å². The van der Waals surface area contributed by atoms with Crippen LogP contribution >= 0.6 is 0 Å². The summed E-state index contributed by atoms with van der Waals surface area (Å²) in [6, 6.07) is 19.1. The number of hydrogen-bond acceptors (Lipinski definition) is 5. The Bertz CT molecular complexity index is 1220. The van der Waals surface area contributed by atoms with Gasteiger partial charge in [0.15, 0.2) is 5.76 Å². The third-order valence-corrected chi connectivity index (χ3v) is 7.63. The van der Waals surface area contributed by atoms with Crippen LogP contribution in [0, 0.1) is 6.92 Å². The molecular formula is C25H27N3O5S. The number of nitrogens with zero attached hydrogens (tertiary/aromatic N) is 3. The summed E-state index contributed by atoms with van der Waals surface area (Å²) >= 11 is 0. The molecule has 0 unspecified atom stereocenters. The molecule has 9 heteroatoms. The zero-order chi connectivity index (χ0) is 24.1. The maximum Gasteiger partial charge on any atom is 0.289 e.